The van der Waals surface area contributed by atoms with Gasteiger partial charge in [0.25, 0.3) is 0 Å². The van der Waals surface area contributed by atoms with Crippen LogP contribution in [0.5, 0.6) is 0 Å². The molecule has 0 aliphatic heterocycles. The Morgan fingerprint density at radius 3 is 2.67 bits per heavy atom. The standard InChI is InChI=1S/C19H21N3O2/c1-12-9-15(21-24-12)11-22(4)19(23)10-17-13(2)16-7-5-6-8-18(16)20-14(17)3/h5-9H,10-11H2,1-4H3. The van der Waals surface area contributed by atoms with Crippen LogP contribution in [0.15, 0.2) is 34.9 Å². The summed E-state index contributed by atoms with van der Waals surface area (Å²) in [7, 11) is 1.78. The van der Waals surface area contributed by atoms with Crippen molar-refractivity contribution in [1.82, 2.24) is 15.0 Å². The molecule has 0 aliphatic rings. The van der Waals surface area contributed by atoms with Crippen molar-refractivity contribution in [3.63, 3.8) is 0 Å². The quantitative estimate of drug-likeness (QED) is 0.739. The predicted molar refractivity (Wildman–Crippen MR) is 92.6 cm³/mol. The van der Waals surface area contributed by atoms with E-state index in [4.69, 9.17) is 4.52 Å². The Kier molecular flexibility index (Phi) is 4.34. The van der Waals surface area contributed by atoms with E-state index in [1.807, 2.05) is 44.2 Å². The number of para-hydroxylation sites is 1. The molecule has 0 radical (unpaired) electrons. The molecule has 0 unspecified atom stereocenters. The fourth-order valence-electron chi connectivity index (χ4n) is 2.94. The van der Waals surface area contributed by atoms with Gasteiger partial charge in [-0.3, -0.25) is 9.78 Å². The van der Waals surface area contributed by atoms with E-state index in [-0.39, 0.29) is 5.91 Å². The molecule has 0 fully saturated rings. The summed E-state index contributed by atoms with van der Waals surface area (Å²) >= 11 is 0. The highest BCUT2D eigenvalue weighted by Crippen LogP contribution is 2.23. The van der Waals surface area contributed by atoms with Crippen LogP contribution in [-0.4, -0.2) is 28.0 Å². The molecule has 5 nitrogen and oxygen atoms in total. The van der Waals surface area contributed by atoms with Crippen LogP contribution >= 0.6 is 0 Å². The van der Waals surface area contributed by atoms with E-state index in [1.54, 1.807) is 11.9 Å². The van der Waals surface area contributed by atoms with Crippen LogP contribution in [0.2, 0.25) is 0 Å². The molecule has 0 saturated carbocycles. The molecule has 0 bridgehead atoms. The van der Waals surface area contributed by atoms with Crippen molar-refractivity contribution in [2.45, 2.75) is 33.7 Å². The van der Waals surface area contributed by atoms with Gasteiger partial charge in [0.05, 0.1) is 18.5 Å². The monoisotopic (exact) mass is 323 g/mol. The number of amides is 1. The Labute approximate surface area is 141 Å². The number of carbonyl (C=O) groups is 1. The highest BCUT2D eigenvalue weighted by molar-refractivity contribution is 5.86. The zero-order valence-corrected chi connectivity index (χ0v) is 14.5. The fourth-order valence-corrected chi connectivity index (χ4v) is 2.94. The largest absolute Gasteiger partial charge is 0.361 e. The van der Waals surface area contributed by atoms with Gasteiger partial charge in [0, 0.05) is 24.2 Å². The van der Waals surface area contributed by atoms with Crippen molar-refractivity contribution in [3.8, 4) is 0 Å². The molecule has 5 heteroatoms. The number of fused-ring (bicyclic) bond motifs is 1. The maximum Gasteiger partial charge on any atom is 0.227 e. The average molecular weight is 323 g/mol. The van der Waals surface area contributed by atoms with Crippen LogP contribution < -0.4 is 0 Å². The molecule has 2 aromatic heterocycles. The molecule has 24 heavy (non-hydrogen) atoms. The highest BCUT2D eigenvalue weighted by Gasteiger charge is 2.17. The summed E-state index contributed by atoms with van der Waals surface area (Å²) in [6.45, 7) is 6.30. The third-order valence-corrected chi connectivity index (χ3v) is 4.32. The SMILES string of the molecule is Cc1cc(CN(C)C(=O)Cc2c(C)nc3ccccc3c2C)no1. The molecule has 2 heterocycles. The van der Waals surface area contributed by atoms with Crippen molar-refractivity contribution in [1.29, 1.82) is 0 Å². The molecule has 0 N–H and O–H groups in total. The Morgan fingerprint density at radius 2 is 1.96 bits per heavy atom. The zero-order chi connectivity index (χ0) is 17.3. The Hall–Kier alpha value is -2.69. The lowest BCUT2D eigenvalue weighted by molar-refractivity contribution is -0.129. The van der Waals surface area contributed by atoms with Gasteiger partial charge in [-0.25, -0.2) is 0 Å². The second-order valence-electron chi connectivity index (χ2n) is 6.17. The summed E-state index contributed by atoms with van der Waals surface area (Å²) in [5.74, 6) is 0.787. The van der Waals surface area contributed by atoms with Gasteiger partial charge in [0.2, 0.25) is 5.91 Å². The van der Waals surface area contributed by atoms with Crippen LogP contribution in [0.1, 0.15) is 28.3 Å². The number of carbonyl (C=O) groups excluding carboxylic acids is 1. The predicted octanol–water partition coefficient (Wildman–Crippen LogP) is 3.35. The summed E-state index contributed by atoms with van der Waals surface area (Å²) in [6.07, 6.45) is 0.336. The van der Waals surface area contributed by atoms with Gasteiger partial charge in [0.15, 0.2) is 0 Å². The van der Waals surface area contributed by atoms with Gasteiger partial charge in [-0.2, -0.15) is 0 Å². The molecule has 1 aromatic carbocycles. The molecule has 0 spiro atoms. The number of hydrogen-bond acceptors (Lipinski definition) is 4. The molecular weight excluding hydrogens is 302 g/mol. The van der Waals surface area contributed by atoms with E-state index in [0.29, 0.717) is 13.0 Å². The lowest BCUT2D eigenvalue weighted by Gasteiger charge is -2.18. The van der Waals surface area contributed by atoms with Crippen LogP contribution in [0.25, 0.3) is 10.9 Å². The van der Waals surface area contributed by atoms with Crippen molar-refractivity contribution < 1.29 is 9.32 Å². The Balaban J connectivity index is 1.82. The van der Waals surface area contributed by atoms with Gasteiger partial charge in [0.1, 0.15) is 11.5 Å². The lowest BCUT2D eigenvalue weighted by atomic mass is 9.99. The van der Waals surface area contributed by atoms with Crippen LogP contribution in [0, 0.1) is 20.8 Å². The van der Waals surface area contributed by atoms with Gasteiger partial charge < -0.3 is 9.42 Å². The van der Waals surface area contributed by atoms with E-state index in [2.05, 4.69) is 17.1 Å². The summed E-state index contributed by atoms with van der Waals surface area (Å²) in [6, 6.07) is 9.87. The first-order valence-electron chi connectivity index (χ1n) is 7.96. The number of rotatable bonds is 4. The first-order chi connectivity index (χ1) is 11.5. The molecule has 0 saturated heterocycles. The smallest absolute Gasteiger partial charge is 0.227 e. The number of aryl methyl sites for hydroxylation is 3. The number of benzene rings is 1. The van der Waals surface area contributed by atoms with Crippen molar-refractivity contribution in [3.05, 3.63) is 58.6 Å². The molecule has 0 aliphatic carbocycles. The van der Waals surface area contributed by atoms with E-state index >= 15 is 0 Å². The van der Waals surface area contributed by atoms with E-state index in [9.17, 15) is 4.79 Å². The minimum absolute atomic E-state index is 0.0407. The van der Waals surface area contributed by atoms with Crippen molar-refractivity contribution in [2.24, 2.45) is 0 Å². The topological polar surface area (TPSA) is 59.2 Å². The molecule has 3 rings (SSSR count). The number of hydrogen-bond donors (Lipinski definition) is 0. The third-order valence-electron chi connectivity index (χ3n) is 4.32. The molecule has 1 amide bonds. The van der Waals surface area contributed by atoms with E-state index in [1.165, 1.54) is 0 Å². The number of aromatic nitrogens is 2. The second-order valence-corrected chi connectivity index (χ2v) is 6.17. The van der Waals surface area contributed by atoms with E-state index < -0.39 is 0 Å². The maximum absolute atomic E-state index is 12.6. The number of likely N-dealkylation sites (N-methyl/N-ethyl adjacent to an activating group) is 1. The Morgan fingerprint density at radius 1 is 1.21 bits per heavy atom. The highest BCUT2D eigenvalue weighted by atomic mass is 16.5. The van der Waals surface area contributed by atoms with Crippen molar-refractivity contribution in [2.75, 3.05) is 7.05 Å². The molecule has 0 atom stereocenters. The average Bonchev–Trinajstić information content (AvgIpc) is 2.96. The normalized spacial score (nSPS) is 11.0. The molecular formula is C19H21N3O2. The summed E-state index contributed by atoms with van der Waals surface area (Å²) in [5.41, 5.74) is 4.76. The van der Waals surface area contributed by atoms with Gasteiger partial charge >= 0.3 is 0 Å². The second kappa shape index (κ2) is 6.43. The zero-order valence-electron chi connectivity index (χ0n) is 14.5. The number of nitrogens with zero attached hydrogens (tertiary/aromatic N) is 3. The van der Waals surface area contributed by atoms with Gasteiger partial charge in [-0.15, -0.1) is 0 Å². The van der Waals surface area contributed by atoms with Crippen LogP contribution in [-0.2, 0) is 17.8 Å². The van der Waals surface area contributed by atoms with Crippen LogP contribution in [0.4, 0.5) is 0 Å². The maximum atomic E-state index is 12.6. The molecule has 3 aromatic rings. The summed E-state index contributed by atoms with van der Waals surface area (Å²) in [4.78, 5) is 18.9. The van der Waals surface area contributed by atoms with E-state index in [0.717, 1.165) is 39.2 Å². The Bertz CT molecular complexity index is 899. The third kappa shape index (κ3) is 3.15. The van der Waals surface area contributed by atoms with Crippen LogP contribution in [0.3, 0.4) is 0 Å². The van der Waals surface area contributed by atoms with Gasteiger partial charge in [-0.1, -0.05) is 23.4 Å². The summed E-state index contributed by atoms with van der Waals surface area (Å²) < 4.78 is 5.05. The van der Waals surface area contributed by atoms with Crippen molar-refractivity contribution >= 4 is 16.8 Å². The first-order valence-corrected chi connectivity index (χ1v) is 7.96. The minimum atomic E-state index is 0.0407. The van der Waals surface area contributed by atoms with Gasteiger partial charge in [-0.05, 0) is 38.0 Å². The first kappa shape index (κ1) is 16.2. The molecule has 124 valence electrons. The lowest BCUT2D eigenvalue weighted by Crippen LogP contribution is -2.28. The summed E-state index contributed by atoms with van der Waals surface area (Å²) in [5, 5.41) is 5.04. The minimum Gasteiger partial charge on any atom is -0.361 e. The number of pyridine rings is 1. The fraction of sp³-hybridized carbons (Fsp3) is 0.316.